The van der Waals surface area contributed by atoms with Crippen molar-refractivity contribution < 1.29 is 4.74 Å². The van der Waals surface area contributed by atoms with Crippen molar-refractivity contribution in [2.45, 2.75) is 38.2 Å². The summed E-state index contributed by atoms with van der Waals surface area (Å²) in [6.45, 7) is 0. The smallest absolute Gasteiger partial charge is 0.177 e. The van der Waals surface area contributed by atoms with Crippen LogP contribution in [0.15, 0.2) is 30.7 Å². The summed E-state index contributed by atoms with van der Waals surface area (Å²) in [6.07, 6.45) is 11.4. The van der Waals surface area contributed by atoms with E-state index in [1.54, 1.807) is 23.3 Å². The van der Waals surface area contributed by atoms with Crippen molar-refractivity contribution in [1.29, 1.82) is 0 Å². The van der Waals surface area contributed by atoms with Crippen molar-refractivity contribution in [1.82, 2.24) is 14.8 Å². The summed E-state index contributed by atoms with van der Waals surface area (Å²) < 4.78 is 7.63. The molecule has 0 aromatic carbocycles. The van der Waals surface area contributed by atoms with Crippen LogP contribution in [0.3, 0.4) is 0 Å². The fraction of sp³-hybridized carbons (Fsp3) is 0.429. The second-order valence-electron chi connectivity index (χ2n) is 4.79. The molecule has 1 aliphatic carbocycles. The van der Waals surface area contributed by atoms with Gasteiger partial charge in [0, 0.05) is 12.4 Å². The number of hydrogen-bond donors (Lipinski definition) is 0. The Bertz CT molecular complexity index is 535. The van der Waals surface area contributed by atoms with Gasteiger partial charge in [0.15, 0.2) is 10.9 Å². The Hall–Kier alpha value is -1.55. The van der Waals surface area contributed by atoms with E-state index >= 15 is 0 Å². The number of pyridine rings is 1. The van der Waals surface area contributed by atoms with Crippen LogP contribution in [-0.4, -0.2) is 20.9 Å². The van der Waals surface area contributed by atoms with Crippen LogP contribution in [0, 0.1) is 0 Å². The number of hydrogen-bond acceptors (Lipinski definition) is 3. The Kier molecular flexibility index (Phi) is 3.69. The first-order chi connectivity index (χ1) is 9.34. The summed E-state index contributed by atoms with van der Waals surface area (Å²) in [5.41, 5.74) is 0.887. The molecule has 0 aliphatic heterocycles. The number of rotatable bonds is 3. The van der Waals surface area contributed by atoms with Gasteiger partial charge in [-0.1, -0.05) is 18.0 Å². The minimum Gasteiger partial charge on any atom is -0.485 e. The summed E-state index contributed by atoms with van der Waals surface area (Å²) in [4.78, 5) is 3.99. The summed E-state index contributed by atoms with van der Waals surface area (Å²) in [6, 6.07) is 3.73. The topological polar surface area (TPSA) is 39.9 Å². The lowest BCUT2D eigenvalue weighted by molar-refractivity contribution is 0.155. The highest BCUT2D eigenvalue weighted by Gasteiger charge is 2.18. The zero-order valence-electron chi connectivity index (χ0n) is 10.6. The lowest BCUT2D eigenvalue weighted by Gasteiger charge is -2.22. The van der Waals surface area contributed by atoms with Crippen LogP contribution >= 0.6 is 11.6 Å². The van der Waals surface area contributed by atoms with Gasteiger partial charge in [-0.2, -0.15) is 5.10 Å². The Morgan fingerprint density at radius 3 is 2.63 bits per heavy atom. The van der Waals surface area contributed by atoms with Crippen LogP contribution in [0.4, 0.5) is 0 Å². The molecule has 0 unspecified atom stereocenters. The molecule has 1 aliphatic rings. The average Bonchev–Trinajstić information content (AvgIpc) is 2.82. The van der Waals surface area contributed by atoms with Crippen LogP contribution < -0.4 is 4.74 Å². The van der Waals surface area contributed by atoms with Gasteiger partial charge in [0.05, 0.1) is 18.0 Å². The van der Waals surface area contributed by atoms with Gasteiger partial charge < -0.3 is 4.74 Å². The highest BCUT2D eigenvalue weighted by molar-refractivity contribution is 6.31. The third-order valence-corrected chi connectivity index (χ3v) is 3.78. The minimum absolute atomic E-state index is 0.279. The first-order valence-electron chi connectivity index (χ1n) is 6.65. The fourth-order valence-electron chi connectivity index (χ4n) is 2.43. The molecule has 0 atom stereocenters. The molecule has 1 saturated carbocycles. The van der Waals surface area contributed by atoms with Gasteiger partial charge in [-0.3, -0.25) is 4.98 Å². The second kappa shape index (κ2) is 5.61. The number of nitrogens with zero attached hydrogens (tertiary/aromatic N) is 3. The molecule has 0 spiro atoms. The van der Waals surface area contributed by atoms with E-state index in [1.807, 2.05) is 12.1 Å². The van der Waals surface area contributed by atoms with Crippen LogP contribution in [0.1, 0.15) is 32.1 Å². The maximum atomic E-state index is 6.33. The van der Waals surface area contributed by atoms with Crippen LogP contribution in [0.2, 0.25) is 5.15 Å². The largest absolute Gasteiger partial charge is 0.485 e. The first-order valence-corrected chi connectivity index (χ1v) is 7.03. The summed E-state index contributed by atoms with van der Waals surface area (Å²) in [5.74, 6) is 0.672. The van der Waals surface area contributed by atoms with Gasteiger partial charge in [-0.15, -0.1) is 0 Å². The van der Waals surface area contributed by atoms with E-state index < -0.39 is 0 Å². The molecule has 100 valence electrons. The highest BCUT2D eigenvalue weighted by atomic mass is 35.5. The van der Waals surface area contributed by atoms with Crippen molar-refractivity contribution in [3.05, 3.63) is 35.9 Å². The molecule has 0 amide bonds. The van der Waals surface area contributed by atoms with E-state index in [-0.39, 0.29) is 6.10 Å². The molecule has 2 heterocycles. The molecular weight excluding hydrogens is 262 g/mol. The second-order valence-corrected chi connectivity index (χ2v) is 5.15. The monoisotopic (exact) mass is 277 g/mol. The lowest BCUT2D eigenvalue weighted by Crippen LogP contribution is -2.19. The maximum Gasteiger partial charge on any atom is 0.177 e. The van der Waals surface area contributed by atoms with Gasteiger partial charge in [0.2, 0.25) is 0 Å². The molecule has 3 rings (SSSR count). The molecule has 1 fully saturated rings. The number of aromatic nitrogens is 3. The number of ether oxygens (including phenoxy) is 1. The Morgan fingerprint density at radius 2 is 1.89 bits per heavy atom. The van der Waals surface area contributed by atoms with Crippen molar-refractivity contribution in [2.75, 3.05) is 0 Å². The summed E-state index contributed by atoms with van der Waals surface area (Å²) >= 11 is 6.33. The van der Waals surface area contributed by atoms with Crippen molar-refractivity contribution in [3.8, 4) is 11.4 Å². The van der Waals surface area contributed by atoms with Crippen LogP contribution in [0.5, 0.6) is 5.75 Å². The van der Waals surface area contributed by atoms with Crippen LogP contribution in [0.25, 0.3) is 5.69 Å². The van der Waals surface area contributed by atoms with Gasteiger partial charge in [0.25, 0.3) is 0 Å². The normalized spacial score (nSPS) is 16.5. The van der Waals surface area contributed by atoms with E-state index in [1.165, 1.54) is 19.3 Å². The third kappa shape index (κ3) is 2.73. The van der Waals surface area contributed by atoms with E-state index in [0.29, 0.717) is 10.9 Å². The van der Waals surface area contributed by atoms with Gasteiger partial charge >= 0.3 is 0 Å². The zero-order chi connectivity index (χ0) is 13.1. The summed E-state index contributed by atoms with van der Waals surface area (Å²) in [7, 11) is 0. The quantitative estimate of drug-likeness (QED) is 0.860. The SMILES string of the molecule is Clc1c(OC2CCCCC2)cnn1-c1ccncc1. The third-order valence-electron chi connectivity index (χ3n) is 3.43. The van der Waals surface area contributed by atoms with Crippen molar-refractivity contribution >= 4 is 11.6 Å². The molecule has 0 N–H and O–H groups in total. The Labute approximate surface area is 117 Å². The van der Waals surface area contributed by atoms with Crippen molar-refractivity contribution in [2.24, 2.45) is 0 Å². The standard InChI is InChI=1S/C14H16ClN3O/c15-14-13(19-12-4-2-1-3-5-12)10-17-18(14)11-6-8-16-9-7-11/h6-10,12H,1-5H2. The first kappa shape index (κ1) is 12.5. The molecule has 2 aromatic rings. The predicted molar refractivity (Wildman–Crippen MR) is 73.9 cm³/mol. The molecule has 0 bridgehead atoms. The van der Waals surface area contributed by atoms with E-state index in [9.17, 15) is 0 Å². The molecule has 4 nitrogen and oxygen atoms in total. The minimum atomic E-state index is 0.279. The molecular formula is C14H16ClN3O. The molecule has 2 aromatic heterocycles. The fourth-order valence-corrected chi connectivity index (χ4v) is 2.66. The molecule has 5 heteroatoms. The lowest BCUT2D eigenvalue weighted by atomic mass is 9.98. The van der Waals surface area contributed by atoms with Gasteiger partial charge in [-0.25, -0.2) is 4.68 Å². The van der Waals surface area contributed by atoms with E-state index in [0.717, 1.165) is 18.5 Å². The highest BCUT2D eigenvalue weighted by Crippen LogP contribution is 2.30. The van der Waals surface area contributed by atoms with E-state index in [4.69, 9.17) is 16.3 Å². The molecule has 0 saturated heterocycles. The zero-order valence-corrected chi connectivity index (χ0v) is 11.4. The average molecular weight is 278 g/mol. The Balaban J connectivity index is 1.79. The Morgan fingerprint density at radius 1 is 1.16 bits per heavy atom. The predicted octanol–water partition coefficient (Wildman–Crippen LogP) is 3.63. The molecule has 0 radical (unpaired) electrons. The van der Waals surface area contributed by atoms with Gasteiger partial charge in [0.1, 0.15) is 0 Å². The van der Waals surface area contributed by atoms with Crippen LogP contribution in [-0.2, 0) is 0 Å². The maximum absolute atomic E-state index is 6.33. The van der Waals surface area contributed by atoms with Crippen molar-refractivity contribution in [3.63, 3.8) is 0 Å². The molecule has 19 heavy (non-hydrogen) atoms. The van der Waals surface area contributed by atoms with Gasteiger partial charge in [-0.05, 0) is 37.8 Å². The summed E-state index contributed by atoms with van der Waals surface area (Å²) in [5, 5.41) is 4.81. The van der Waals surface area contributed by atoms with E-state index in [2.05, 4.69) is 10.1 Å². The number of halogens is 1.